The van der Waals surface area contributed by atoms with Crippen molar-refractivity contribution < 1.29 is 0 Å². The third-order valence-electron chi connectivity index (χ3n) is 2.30. The van der Waals surface area contributed by atoms with Crippen molar-refractivity contribution in [3.63, 3.8) is 0 Å². The summed E-state index contributed by atoms with van der Waals surface area (Å²) in [5, 5.41) is 7.78. The normalized spacial score (nSPS) is 11.4. The van der Waals surface area contributed by atoms with Crippen molar-refractivity contribution in [3.8, 4) is 0 Å². The molecule has 0 aliphatic heterocycles. The van der Waals surface area contributed by atoms with Crippen molar-refractivity contribution >= 4 is 11.5 Å². The van der Waals surface area contributed by atoms with Gasteiger partial charge < -0.3 is 11.1 Å². The van der Waals surface area contributed by atoms with E-state index in [-0.39, 0.29) is 0 Å². The van der Waals surface area contributed by atoms with E-state index in [1.165, 1.54) is 0 Å². The van der Waals surface area contributed by atoms with Crippen LogP contribution in [0, 0.1) is 12.8 Å². The lowest BCUT2D eigenvalue weighted by Gasteiger charge is -2.14. The van der Waals surface area contributed by atoms with Gasteiger partial charge in [-0.05, 0) is 26.7 Å². The standard InChI is InChI=1S/C11H22N4/c1-7(2)6-13-11-10(12)9(5)14-15(11)8(3)4/h7-8,13H,6,12H2,1-5H3. The first-order valence-electron chi connectivity index (χ1n) is 5.52. The summed E-state index contributed by atoms with van der Waals surface area (Å²) in [5.41, 5.74) is 7.65. The van der Waals surface area contributed by atoms with Gasteiger partial charge in [-0.2, -0.15) is 5.10 Å². The zero-order valence-corrected chi connectivity index (χ0v) is 10.3. The highest BCUT2D eigenvalue weighted by molar-refractivity contribution is 5.64. The van der Waals surface area contributed by atoms with E-state index in [2.05, 4.69) is 38.1 Å². The molecule has 0 fully saturated rings. The fourth-order valence-corrected chi connectivity index (χ4v) is 1.41. The first-order chi connectivity index (χ1) is 6.93. The molecule has 0 saturated heterocycles. The molecule has 0 bridgehead atoms. The number of nitrogens with two attached hydrogens (primary N) is 1. The number of nitrogens with one attached hydrogen (secondary N) is 1. The van der Waals surface area contributed by atoms with Crippen molar-refractivity contribution in [1.29, 1.82) is 0 Å². The van der Waals surface area contributed by atoms with Gasteiger partial charge in [-0.3, -0.25) is 0 Å². The number of rotatable bonds is 4. The maximum Gasteiger partial charge on any atom is 0.148 e. The predicted octanol–water partition coefficient (Wildman–Crippen LogP) is 2.42. The summed E-state index contributed by atoms with van der Waals surface area (Å²) in [5.74, 6) is 1.55. The molecule has 0 atom stereocenters. The molecule has 1 aromatic heterocycles. The maximum atomic E-state index is 5.98. The quantitative estimate of drug-likeness (QED) is 0.802. The van der Waals surface area contributed by atoms with Gasteiger partial charge in [0.05, 0.1) is 11.4 Å². The van der Waals surface area contributed by atoms with E-state index < -0.39 is 0 Å². The van der Waals surface area contributed by atoms with Crippen molar-refractivity contribution in [2.75, 3.05) is 17.6 Å². The zero-order chi connectivity index (χ0) is 11.6. The fraction of sp³-hybridized carbons (Fsp3) is 0.727. The summed E-state index contributed by atoms with van der Waals surface area (Å²) in [6, 6.07) is 0.329. The molecule has 0 amide bonds. The van der Waals surface area contributed by atoms with Gasteiger partial charge in [-0.25, -0.2) is 4.68 Å². The highest BCUT2D eigenvalue weighted by Crippen LogP contribution is 2.25. The lowest BCUT2D eigenvalue weighted by molar-refractivity contribution is 0.531. The summed E-state index contributed by atoms with van der Waals surface area (Å²) in [6.07, 6.45) is 0. The largest absolute Gasteiger partial charge is 0.394 e. The van der Waals surface area contributed by atoms with Gasteiger partial charge >= 0.3 is 0 Å². The molecule has 0 radical (unpaired) electrons. The summed E-state index contributed by atoms with van der Waals surface area (Å²) in [6.45, 7) is 11.4. The number of aryl methyl sites for hydroxylation is 1. The van der Waals surface area contributed by atoms with Crippen molar-refractivity contribution in [2.24, 2.45) is 5.92 Å². The number of anilines is 2. The Hall–Kier alpha value is -1.19. The summed E-state index contributed by atoms with van der Waals surface area (Å²) in [4.78, 5) is 0. The van der Waals surface area contributed by atoms with Gasteiger partial charge in [0, 0.05) is 12.6 Å². The lowest BCUT2D eigenvalue weighted by atomic mass is 10.2. The van der Waals surface area contributed by atoms with Crippen LogP contribution in [0.2, 0.25) is 0 Å². The van der Waals surface area contributed by atoms with E-state index in [1.54, 1.807) is 0 Å². The minimum atomic E-state index is 0.329. The van der Waals surface area contributed by atoms with Crippen LogP contribution in [0.1, 0.15) is 39.4 Å². The van der Waals surface area contributed by atoms with Crippen molar-refractivity contribution in [2.45, 2.75) is 40.7 Å². The van der Waals surface area contributed by atoms with E-state index in [1.807, 2.05) is 11.6 Å². The van der Waals surface area contributed by atoms with Gasteiger partial charge in [-0.1, -0.05) is 13.8 Å². The number of nitrogens with zero attached hydrogens (tertiary/aromatic N) is 2. The van der Waals surface area contributed by atoms with Crippen LogP contribution in [0.25, 0.3) is 0 Å². The molecule has 0 spiro atoms. The first kappa shape index (κ1) is 11.9. The second kappa shape index (κ2) is 4.55. The monoisotopic (exact) mass is 210 g/mol. The third-order valence-corrected chi connectivity index (χ3v) is 2.30. The molecule has 0 unspecified atom stereocenters. The Morgan fingerprint density at radius 3 is 2.40 bits per heavy atom. The average Bonchev–Trinajstić information content (AvgIpc) is 2.41. The molecule has 0 aromatic carbocycles. The SMILES string of the molecule is Cc1nn(C(C)C)c(NCC(C)C)c1N. The molecular weight excluding hydrogens is 188 g/mol. The van der Waals surface area contributed by atoms with E-state index >= 15 is 0 Å². The van der Waals surface area contributed by atoms with Crippen LogP contribution >= 0.6 is 0 Å². The average molecular weight is 210 g/mol. The zero-order valence-electron chi connectivity index (χ0n) is 10.3. The summed E-state index contributed by atoms with van der Waals surface area (Å²) >= 11 is 0. The van der Waals surface area contributed by atoms with E-state index in [0.29, 0.717) is 12.0 Å². The summed E-state index contributed by atoms with van der Waals surface area (Å²) in [7, 11) is 0. The Labute approximate surface area is 91.8 Å². The minimum absolute atomic E-state index is 0.329. The molecule has 1 aromatic rings. The van der Waals surface area contributed by atoms with Crippen LogP contribution in [0.4, 0.5) is 11.5 Å². The molecule has 0 saturated carbocycles. The van der Waals surface area contributed by atoms with Gasteiger partial charge in [0.1, 0.15) is 5.82 Å². The molecule has 86 valence electrons. The number of hydrogen-bond acceptors (Lipinski definition) is 3. The van der Waals surface area contributed by atoms with Crippen molar-refractivity contribution in [1.82, 2.24) is 9.78 Å². The number of hydrogen-bond donors (Lipinski definition) is 2. The molecule has 4 heteroatoms. The minimum Gasteiger partial charge on any atom is -0.394 e. The molecular formula is C11H22N4. The Balaban J connectivity index is 2.92. The second-order valence-electron chi connectivity index (χ2n) is 4.66. The third kappa shape index (κ3) is 2.64. The molecule has 1 heterocycles. The van der Waals surface area contributed by atoms with Crippen LogP contribution < -0.4 is 11.1 Å². The van der Waals surface area contributed by atoms with E-state index in [0.717, 1.165) is 23.7 Å². The molecule has 1 rings (SSSR count). The van der Waals surface area contributed by atoms with Crippen LogP contribution in [-0.4, -0.2) is 16.3 Å². The highest BCUT2D eigenvalue weighted by atomic mass is 15.4. The van der Waals surface area contributed by atoms with Crippen molar-refractivity contribution in [3.05, 3.63) is 5.69 Å². The Morgan fingerprint density at radius 2 is 1.93 bits per heavy atom. The van der Waals surface area contributed by atoms with Gasteiger partial charge in [0.2, 0.25) is 0 Å². The van der Waals surface area contributed by atoms with Crippen LogP contribution in [0.5, 0.6) is 0 Å². The van der Waals surface area contributed by atoms with Gasteiger partial charge in [0.25, 0.3) is 0 Å². The lowest BCUT2D eigenvalue weighted by Crippen LogP contribution is -2.14. The van der Waals surface area contributed by atoms with Crippen LogP contribution in [0.3, 0.4) is 0 Å². The van der Waals surface area contributed by atoms with Crippen LogP contribution in [-0.2, 0) is 0 Å². The Morgan fingerprint density at radius 1 is 1.33 bits per heavy atom. The van der Waals surface area contributed by atoms with Gasteiger partial charge in [-0.15, -0.1) is 0 Å². The Kier molecular flexibility index (Phi) is 3.61. The predicted molar refractivity (Wildman–Crippen MR) is 65.1 cm³/mol. The summed E-state index contributed by atoms with van der Waals surface area (Å²) < 4.78 is 1.95. The van der Waals surface area contributed by atoms with E-state index in [9.17, 15) is 0 Å². The molecule has 15 heavy (non-hydrogen) atoms. The molecule has 3 N–H and O–H groups in total. The molecule has 0 aliphatic rings. The Bertz CT molecular complexity index is 326. The smallest absolute Gasteiger partial charge is 0.148 e. The first-order valence-corrected chi connectivity index (χ1v) is 5.52. The molecule has 0 aliphatic carbocycles. The highest BCUT2D eigenvalue weighted by Gasteiger charge is 2.14. The second-order valence-corrected chi connectivity index (χ2v) is 4.66. The maximum absolute atomic E-state index is 5.98. The van der Waals surface area contributed by atoms with E-state index in [4.69, 9.17) is 5.73 Å². The fourth-order valence-electron chi connectivity index (χ4n) is 1.41. The van der Waals surface area contributed by atoms with Gasteiger partial charge in [0.15, 0.2) is 0 Å². The number of aromatic nitrogens is 2. The topological polar surface area (TPSA) is 55.9 Å². The molecule has 4 nitrogen and oxygen atoms in total. The van der Waals surface area contributed by atoms with Crippen LogP contribution in [0.15, 0.2) is 0 Å². The number of nitrogen functional groups attached to an aromatic ring is 1.